The highest BCUT2D eigenvalue weighted by Crippen LogP contribution is 2.38. The minimum Gasteiger partial charge on any atom is -0.441 e. The summed E-state index contributed by atoms with van der Waals surface area (Å²) < 4.78 is 17.8. The van der Waals surface area contributed by atoms with E-state index < -0.39 is 18.3 Å². The first-order valence-electron chi connectivity index (χ1n) is 8.75. The number of nitrogens with zero attached hydrogens (tertiary/aromatic N) is 1. The number of rotatable bonds is 4. The van der Waals surface area contributed by atoms with Gasteiger partial charge in [-0.25, -0.2) is 4.98 Å². The predicted molar refractivity (Wildman–Crippen MR) is 101 cm³/mol. The van der Waals surface area contributed by atoms with Crippen LogP contribution in [0.4, 0.5) is 0 Å². The maximum absolute atomic E-state index is 11.4. The van der Waals surface area contributed by atoms with Gasteiger partial charge in [0.05, 0.1) is 11.2 Å². The summed E-state index contributed by atoms with van der Waals surface area (Å²) in [5.41, 5.74) is 2.45. The third-order valence-corrected chi connectivity index (χ3v) is 4.97. The third-order valence-electron chi connectivity index (χ3n) is 4.97. The van der Waals surface area contributed by atoms with Crippen LogP contribution in [-0.4, -0.2) is 35.8 Å². The Hall–Kier alpha value is -2.12. The molecule has 26 heavy (non-hydrogen) atoms. The Bertz CT molecular complexity index is 854. The lowest BCUT2D eigenvalue weighted by molar-refractivity contribution is -0.118. The number of oxazole rings is 1. The fraction of sp³-hybridized carbons (Fsp3) is 0.474. The largest absolute Gasteiger partial charge is 0.492 e. The SMILES string of the molecule is CC(=O)NCC(=Cc1ccc2oc(C)nc2c1)B1OC(C)(C)C(C)(C)O1. The third kappa shape index (κ3) is 3.69. The maximum Gasteiger partial charge on any atom is 0.492 e. The fourth-order valence-electron chi connectivity index (χ4n) is 2.79. The zero-order valence-electron chi connectivity index (χ0n) is 16.2. The van der Waals surface area contributed by atoms with Crippen molar-refractivity contribution in [3.63, 3.8) is 0 Å². The van der Waals surface area contributed by atoms with Crippen LogP contribution in [0.5, 0.6) is 0 Å². The molecule has 0 saturated carbocycles. The monoisotopic (exact) mass is 356 g/mol. The summed E-state index contributed by atoms with van der Waals surface area (Å²) in [6.07, 6.45) is 1.97. The molecule has 0 radical (unpaired) electrons. The van der Waals surface area contributed by atoms with E-state index in [1.807, 2.05) is 58.9 Å². The smallest absolute Gasteiger partial charge is 0.441 e. The zero-order chi connectivity index (χ0) is 19.1. The standard InChI is InChI=1S/C19H25BN2O4/c1-12(23)21-11-15(20-25-18(3,4)19(5,6)26-20)9-14-7-8-17-16(10-14)22-13(2)24-17/h7-10H,11H2,1-6H3,(H,21,23). The average Bonchev–Trinajstić information content (AvgIpc) is 2.98. The molecule has 138 valence electrons. The van der Waals surface area contributed by atoms with Gasteiger partial charge in [0.2, 0.25) is 5.91 Å². The van der Waals surface area contributed by atoms with Gasteiger partial charge in [0.1, 0.15) is 5.52 Å². The van der Waals surface area contributed by atoms with Crippen molar-refractivity contribution in [3.05, 3.63) is 35.1 Å². The van der Waals surface area contributed by atoms with E-state index in [1.54, 1.807) is 0 Å². The van der Waals surface area contributed by atoms with Crippen LogP contribution in [0.1, 0.15) is 46.1 Å². The minimum atomic E-state index is -0.526. The van der Waals surface area contributed by atoms with Gasteiger partial charge in [-0.2, -0.15) is 0 Å². The number of amides is 1. The number of carbonyl (C=O) groups excluding carboxylic acids is 1. The summed E-state index contributed by atoms with van der Waals surface area (Å²) in [4.78, 5) is 15.8. The first-order valence-corrected chi connectivity index (χ1v) is 8.75. The van der Waals surface area contributed by atoms with E-state index in [2.05, 4.69) is 10.3 Å². The molecule has 1 aromatic heterocycles. The molecule has 1 N–H and O–H groups in total. The van der Waals surface area contributed by atoms with Gasteiger partial charge < -0.3 is 19.0 Å². The summed E-state index contributed by atoms with van der Waals surface area (Å²) in [5, 5.41) is 2.84. The number of carbonyl (C=O) groups is 1. The second-order valence-electron chi connectivity index (χ2n) is 7.68. The van der Waals surface area contributed by atoms with Crippen LogP contribution in [0.25, 0.3) is 17.2 Å². The maximum atomic E-state index is 11.4. The van der Waals surface area contributed by atoms with Gasteiger partial charge in [-0.05, 0) is 50.9 Å². The molecular formula is C19H25BN2O4. The topological polar surface area (TPSA) is 73.6 Å². The summed E-state index contributed by atoms with van der Waals surface area (Å²) >= 11 is 0. The summed E-state index contributed by atoms with van der Waals surface area (Å²) in [7, 11) is -0.526. The van der Waals surface area contributed by atoms with Crippen LogP contribution in [0, 0.1) is 6.92 Å². The van der Waals surface area contributed by atoms with Crippen molar-refractivity contribution < 1.29 is 18.5 Å². The zero-order valence-corrected chi connectivity index (χ0v) is 16.2. The number of aromatic nitrogens is 1. The Morgan fingerprint density at radius 3 is 2.50 bits per heavy atom. The lowest BCUT2D eigenvalue weighted by Crippen LogP contribution is -2.41. The Morgan fingerprint density at radius 1 is 1.23 bits per heavy atom. The Labute approximate surface area is 154 Å². The Kier molecular flexibility index (Phi) is 4.71. The van der Waals surface area contributed by atoms with Crippen LogP contribution < -0.4 is 5.32 Å². The highest BCUT2D eigenvalue weighted by molar-refractivity contribution is 6.56. The van der Waals surface area contributed by atoms with Crippen LogP contribution in [0.15, 0.2) is 28.1 Å². The molecule has 0 unspecified atom stereocenters. The molecular weight excluding hydrogens is 331 g/mol. The van der Waals surface area contributed by atoms with Gasteiger partial charge in [0, 0.05) is 20.4 Å². The molecule has 2 aromatic rings. The normalized spacial score (nSPS) is 19.2. The first-order chi connectivity index (χ1) is 12.1. The molecule has 3 rings (SSSR count). The van der Waals surface area contributed by atoms with Crippen molar-refractivity contribution in [3.8, 4) is 0 Å². The Balaban J connectivity index is 1.94. The lowest BCUT2D eigenvalue weighted by Gasteiger charge is -2.32. The first kappa shape index (κ1) is 18.7. The molecule has 0 atom stereocenters. The summed E-state index contributed by atoms with van der Waals surface area (Å²) in [5.74, 6) is 0.528. The number of hydrogen-bond acceptors (Lipinski definition) is 5. The van der Waals surface area contributed by atoms with Crippen molar-refractivity contribution >= 4 is 30.2 Å². The van der Waals surface area contributed by atoms with Crippen LogP contribution >= 0.6 is 0 Å². The molecule has 1 saturated heterocycles. The molecule has 0 aliphatic carbocycles. The summed E-state index contributed by atoms with van der Waals surface area (Å²) in [6, 6.07) is 5.79. The van der Waals surface area contributed by atoms with Gasteiger partial charge in [-0.15, -0.1) is 0 Å². The molecule has 1 aliphatic rings. The fourth-order valence-corrected chi connectivity index (χ4v) is 2.79. The van der Waals surface area contributed by atoms with E-state index in [4.69, 9.17) is 13.7 Å². The number of aryl methyl sites for hydroxylation is 1. The van der Waals surface area contributed by atoms with Crippen molar-refractivity contribution in [2.75, 3.05) is 6.54 Å². The molecule has 0 bridgehead atoms. The molecule has 1 aromatic carbocycles. The van der Waals surface area contributed by atoms with Gasteiger partial charge in [0.25, 0.3) is 0 Å². The molecule has 1 aliphatic heterocycles. The van der Waals surface area contributed by atoms with E-state index in [1.165, 1.54) is 6.92 Å². The highest BCUT2D eigenvalue weighted by atomic mass is 16.7. The quantitative estimate of drug-likeness (QED) is 0.851. The van der Waals surface area contributed by atoms with E-state index >= 15 is 0 Å². The van der Waals surface area contributed by atoms with Crippen molar-refractivity contribution in [1.29, 1.82) is 0 Å². The lowest BCUT2D eigenvalue weighted by atomic mass is 9.77. The van der Waals surface area contributed by atoms with Crippen LogP contribution in [0.3, 0.4) is 0 Å². The van der Waals surface area contributed by atoms with Crippen molar-refractivity contribution in [2.24, 2.45) is 0 Å². The second-order valence-corrected chi connectivity index (χ2v) is 7.68. The minimum absolute atomic E-state index is 0.102. The molecule has 1 amide bonds. The average molecular weight is 356 g/mol. The van der Waals surface area contributed by atoms with E-state index in [-0.39, 0.29) is 5.91 Å². The van der Waals surface area contributed by atoms with Gasteiger partial charge in [0.15, 0.2) is 11.5 Å². The molecule has 0 spiro atoms. The number of nitrogens with one attached hydrogen (secondary N) is 1. The number of hydrogen-bond donors (Lipinski definition) is 1. The molecule has 2 heterocycles. The Morgan fingerprint density at radius 2 is 1.88 bits per heavy atom. The van der Waals surface area contributed by atoms with E-state index in [9.17, 15) is 4.79 Å². The molecule has 6 nitrogen and oxygen atoms in total. The van der Waals surface area contributed by atoms with Crippen LogP contribution in [-0.2, 0) is 14.1 Å². The second kappa shape index (κ2) is 6.56. The van der Waals surface area contributed by atoms with Crippen molar-refractivity contribution in [2.45, 2.75) is 52.7 Å². The van der Waals surface area contributed by atoms with Gasteiger partial charge in [-0.1, -0.05) is 12.1 Å². The molecule has 7 heteroatoms. The van der Waals surface area contributed by atoms with Gasteiger partial charge >= 0.3 is 7.12 Å². The predicted octanol–water partition coefficient (Wildman–Crippen LogP) is 3.29. The number of benzene rings is 1. The van der Waals surface area contributed by atoms with Gasteiger partial charge in [-0.3, -0.25) is 4.79 Å². The summed E-state index contributed by atoms with van der Waals surface area (Å²) in [6.45, 7) is 11.7. The van der Waals surface area contributed by atoms with E-state index in [0.717, 1.165) is 22.1 Å². The highest BCUT2D eigenvalue weighted by Gasteiger charge is 2.52. The van der Waals surface area contributed by atoms with Crippen LogP contribution in [0.2, 0.25) is 0 Å². The van der Waals surface area contributed by atoms with E-state index in [0.29, 0.717) is 12.4 Å². The molecule has 1 fully saturated rings. The van der Waals surface area contributed by atoms with Crippen molar-refractivity contribution in [1.82, 2.24) is 10.3 Å². The number of fused-ring (bicyclic) bond motifs is 1.